The maximum atomic E-state index is 12.1. The van der Waals surface area contributed by atoms with Crippen molar-refractivity contribution in [2.45, 2.75) is 26.2 Å². The molecule has 3 N–H and O–H groups in total. The van der Waals surface area contributed by atoms with Crippen molar-refractivity contribution in [3.8, 4) is 0 Å². The number of nitrogen functional groups attached to an aromatic ring is 1. The van der Waals surface area contributed by atoms with Crippen LogP contribution in [0.1, 0.15) is 41.8 Å². The van der Waals surface area contributed by atoms with E-state index in [1.807, 2.05) is 33.2 Å². The number of rotatable bonds is 5. The van der Waals surface area contributed by atoms with Gasteiger partial charge in [-0.25, -0.2) is 9.97 Å². The van der Waals surface area contributed by atoms with Gasteiger partial charge in [-0.1, -0.05) is 13.8 Å². The maximum Gasteiger partial charge on any atom is 0.272 e. The molecule has 0 aliphatic rings. The third-order valence-electron chi connectivity index (χ3n) is 3.00. The number of aromatic nitrogens is 4. The van der Waals surface area contributed by atoms with Crippen LogP contribution in [-0.4, -0.2) is 32.2 Å². The van der Waals surface area contributed by atoms with E-state index in [1.54, 1.807) is 4.68 Å². The highest BCUT2D eigenvalue weighted by Crippen LogP contribution is 2.13. The summed E-state index contributed by atoms with van der Waals surface area (Å²) in [6.07, 6.45) is 4.01. The van der Waals surface area contributed by atoms with Crippen molar-refractivity contribution in [1.82, 2.24) is 25.1 Å². The fourth-order valence-corrected chi connectivity index (χ4v) is 1.85. The van der Waals surface area contributed by atoms with Crippen molar-refractivity contribution >= 4 is 11.6 Å². The Bertz CT molecular complexity index is 634. The van der Waals surface area contributed by atoms with E-state index in [2.05, 4.69) is 20.4 Å². The lowest BCUT2D eigenvalue weighted by molar-refractivity contribution is 0.0949. The second-order valence-electron chi connectivity index (χ2n) is 5.17. The van der Waals surface area contributed by atoms with Gasteiger partial charge in [0.25, 0.3) is 5.91 Å². The highest BCUT2D eigenvalue weighted by Gasteiger charge is 2.14. The van der Waals surface area contributed by atoms with Gasteiger partial charge >= 0.3 is 0 Å². The Morgan fingerprint density at radius 3 is 2.86 bits per heavy atom. The van der Waals surface area contributed by atoms with E-state index in [9.17, 15) is 4.79 Å². The summed E-state index contributed by atoms with van der Waals surface area (Å²) in [5, 5.41) is 7.06. The number of nitrogens with one attached hydrogen (secondary N) is 1. The van der Waals surface area contributed by atoms with Gasteiger partial charge in [0.1, 0.15) is 5.82 Å². The fraction of sp³-hybridized carbons (Fsp3) is 0.429. The zero-order valence-electron chi connectivity index (χ0n) is 12.5. The zero-order valence-corrected chi connectivity index (χ0v) is 12.5. The summed E-state index contributed by atoms with van der Waals surface area (Å²) in [5.74, 6) is 0.470. The van der Waals surface area contributed by atoms with Gasteiger partial charge in [0.05, 0.1) is 17.6 Å². The Labute approximate surface area is 123 Å². The first-order valence-electron chi connectivity index (χ1n) is 6.86. The lowest BCUT2D eigenvalue weighted by Gasteiger charge is -2.09. The lowest BCUT2D eigenvalue weighted by Crippen LogP contribution is -2.28. The van der Waals surface area contributed by atoms with E-state index >= 15 is 0 Å². The third-order valence-corrected chi connectivity index (χ3v) is 3.00. The van der Waals surface area contributed by atoms with Crippen molar-refractivity contribution in [3.63, 3.8) is 0 Å². The molecule has 0 unspecified atom stereocenters. The van der Waals surface area contributed by atoms with Crippen LogP contribution in [0.4, 0.5) is 5.69 Å². The van der Waals surface area contributed by atoms with Gasteiger partial charge in [0.15, 0.2) is 5.69 Å². The zero-order chi connectivity index (χ0) is 15.4. The molecule has 0 saturated heterocycles. The van der Waals surface area contributed by atoms with E-state index < -0.39 is 0 Å². The molecule has 0 aliphatic carbocycles. The molecule has 0 fully saturated rings. The van der Waals surface area contributed by atoms with Crippen molar-refractivity contribution < 1.29 is 4.79 Å². The predicted molar refractivity (Wildman–Crippen MR) is 79.8 cm³/mol. The quantitative estimate of drug-likeness (QED) is 0.851. The van der Waals surface area contributed by atoms with Gasteiger partial charge in [-0.15, -0.1) is 0 Å². The molecule has 0 aromatic carbocycles. The molecular formula is C14H20N6O. The fourth-order valence-electron chi connectivity index (χ4n) is 1.85. The van der Waals surface area contributed by atoms with Gasteiger partial charge in [0.2, 0.25) is 0 Å². The van der Waals surface area contributed by atoms with Crippen molar-refractivity contribution in [1.29, 1.82) is 0 Å². The molecule has 7 heteroatoms. The van der Waals surface area contributed by atoms with Gasteiger partial charge in [0, 0.05) is 32.1 Å². The highest BCUT2D eigenvalue weighted by atomic mass is 16.1. The predicted octanol–water partition coefficient (Wildman–Crippen LogP) is 0.888. The summed E-state index contributed by atoms with van der Waals surface area (Å²) in [6, 6.07) is 1.92. The number of hydrogen-bond acceptors (Lipinski definition) is 5. The summed E-state index contributed by atoms with van der Waals surface area (Å²) in [4.78, 5) is 20.5. The van der Waals surface area contributed by atoms with E-state index in [0.717, 1.165) is 5.69 Å². The summed E-state index contributed by atoms with van der Waals surface area (Å²) in [7, 11) is 1.86. The Morgan fingerprint density at radius 1 is 1.48 bits per heavy atom. The molecule has 21 heavy (non-hydrogen) atoms. The first-order chi connectivity index (χ1) is 9.97. The maximum absolute atomic E-state index is 12.1. The normalized spacial score (nSPS) is 10.9. The molecule has 0 saturated carbocycles. The molecule has 112 valence electrons. The average molecular weight is 288 g/mol. The van der Waals surface area contributed by atoms with Crippen molar-refractivity contribution in [2.75, 3.05) is 12.3 Å². The van der Waals surface area contributed by atoms with Crippen LogP contribution in [0.15, 0.2) is 18.5 Å². The minimum atomic E-state index is -0.285. The third kappa shape index (κ3) is 3.77. The van der Waals surface area contributed by atoms with Crippen LogP contribution < -0.4 is 11.1 Å². The molecule has 2 aromatic heterocycles. The van der Waals surface area contributed by atoms with Crippen molar-refractivity contribution in [2.24, 2.45) is 7.05 Å². The number of carbonyl (C=O) groups excluding carboxylic acids is 1. The molecule has 0 aliphatic heterocycles. The number of anilines is 1. The number of nitrogens with zero attached hydrogens (tertiary/aromatic N) is 4. The average Bonchev–Trinajstić information content (AvgIpc) is 2.84. The Hall–Kier alpha value is -2.44. The van der Waals surface area contributed by atoms with E-state index in [4.69, 9.17) is 5.73 Å². The summed E-state index contributed by atoms with van der Waals surface area (Å²) in [5.41, 5.74) is 7.22. The number of carbonyl (C=O) groups is 1. The van der Waals surface area contributed by atoms with E-state index in [-0.39, 0.29) is 23.2 Å². The smallest absolute Gasteiger partial charge is 0.272 e. The second kappa shape index (κ2) is 6.34. The molecule has 0 radical (unpaired) electrons. The van der Waals surface area contributed by atoms with Crippen LogP contribution in [-0.2, 0) is 13.5 Å². The van der Waals surface area contributed by atoms with E-state index in [1.165, 1.54) is 6.20 Å². The number of nitrogens with two attached hydrogens (primary N) is 1. The molecule has 2 rings (SSSR count). The molecule has 7 nitrogen and oxygen atoms in total. The summed E-state index contributed by atoms with van der Waals surface area (Å²) in [6.45, 7) is 4.42. The van der Waals surface area contributed by atoms with Gasteiger partial charge in [-0.3, -0.25) is 9.48 Å². The van der Waals surface area contributed by atoms with Gasteiger partial charge in [-0.2, -0.15) is 5.10 Å². The summed E-state index contributed by atoms with van der Waals surface area (Å²) >= 11 is 0. The van der Waals surface area contributed by atoms with Crippen LogP contribution in [0.3, 0.4) is 0 Å². The molecule has 0 bridgehead atoms. The van der Waals surface area contributed by atoms with Crippen LogP contribution in [0.5, 0.6) is 0 Å². The Kier molecular flexibility index (Phi) is 4.52. The monoisotopic (exact) mass is 288 g/mol. The van der Waals surface area contributed by atoms with Crippen LogP contribution >= 0.6 is 0 Å². The minimum Gasteiger partial charge on any atom is -0.396 e. The number of amides is 1. The van der Waals surface area contributed by atoms with Crippen molar-refractivity contribution in [3.05, 3.63) is 35.7 Å². The topological polar surface area (TPSA) is 98.7 Å². The number of aryl methyl sites for hydroxylation is 1. The molecular weight excluding hydrogens is 268 g/mol. The van der Waals surface area contributed by atoms with Gasteiger partial charge in [-0.05, 0) is 6.07 Å². The Morgan fingerprint density at radius 2 is 2.24 bits per heavy atom. The molecule has 0 atom stereocenters. The Balaban J connectivity index is 1.98. The standard InChI is InChI=1S/C14H20N6O/c1-9(2)13-17-8-11(15)12(18-13)14(21)16-6-4-10-5-7-20(3)19-10/h5,7-9H,4,6,15H2,1-3H3,(H,16,21). The van der Waals surface area contributed by atoms with Gasteiger partial charge < -0.3 is 11.1 Å². The van der Waals surface area contributed by atoms with E-state index in [0.29, 0.717) is 18.8 Å². The first kappa shape index (κ1) is 15.0. The van der Waals surface area contributed by atoms with Crippen LogP contribution in [0.25, 0.3) is 0 Å². The first-order valence-corrected chi connectivity index (χ1v) is 6.86. The molecule has 1 amide bonds. The second-order valence-corrected chi connectivity index (χ2v) is 5.17. The lowest BCUT2D eigenvalue weighted by atomic mass is 10.2. The minimum absolute atomic E-state index is 0.144. The molecule has 0 spiro atoms. The molecule has 2 heterocycles. The van der Waals surface area contributed by atoms with Crippen LogP contribution in [0, 0.1) is 0 Å². The summed E-state index contributed by atoms with van der Waals surface area (Å²) < 4.78 is 1.73. The number of hydrogen-bond donors (Lipinski definition) is 2. The van der Waals surface area contributed by atoms with Crippen LogP contribution in [0.2, 0.25) is 0 Å². The molecule has 2 aromatic rings. The SMILES string of the molecule is CC(C)c1ncc(N)c(C(=O)NCCc2ccn(C)n2)n1. The highest BCUT2D eigenvalue weighted by molar-refractivity contribution is 5.96. The largest absolute Gasteiger partial charge is 0.396 e.